The van der Waals surface area contributed by atoms with Crippen LogP contribution >= 0.6 is 0 Å². The lowest BCUT2D eigenvalue weighted by molar-refractivity contribution is -0.124. The fourth-order valence-corrected chi connectivity index (χ4v) is 5.34. The number of hydrogen-bond donors (Lipinski definition) is 0. The molecule has 2 aromatic carbocycles. The average Bonchev–Trinajstić information content (AvgIpc) is 2.93. The van der Waals surface area contributed by atoms with Crippen LogP contribution < -0.4 is 0 Å². The van der Waals surface area contributed by atoms with Crippen LogP contribution in [0.25, 0.3) is 0 Å². The molecule has 2 heterocycles. The van der Waals surface area contributed by atoms with Gasteiger partial charge < -0.3 is 0 Å². The molecule has 0 saturated heterocycles. The van der Waals surface area contributed by atoms with Crippen LogP contribution in [0.2, 0.25) is 0 Å². The second-order valence-electron chi connectivity index (χ2n) is 9.61. The van der Waals surface area contributed by atoms with Crippen molar-refractivity contribution in [3.05, 3.63) is 95.8 Å². The molecule has 4 heteroatoms. The Labute approximate surface area is 188 Å². The number of pyridine rings is 1. The van der Waals surface area contributed by atoms with Gasteiger partial charge in [0.2, 0.25) is 0 Å². The molecular formula is C28H26N2O2. The Kier molecular flexibility index (Phi) is 5.09. The molecular weight excluding hydrogens is 396 g/mol. The van der Waals surface area contributed by atoms with Gasteiger partial charge in [-0.05, 0) is 35.6 Å². The van der Waals surface area contributed by atoms with E-state index in [1.807, 2.05) is 72.8 Å². The summed E-state index contributed by atoms with van der Waals surface area (Å²) in [7, 11) is 0. The Morgan fingerprint density at radius 2 is 1.62 bits per heavy atom. The first-order valence-corrected chi connectivity index (χ1v) is 11.1. The predicted octanol–water partition coefficient (Wildman–Crippen LogP) is 5.92. The predicted molar refractivity (Wildman–Crippen MR) is 126 cm³/mol. The van der Waals surface area contributed by atoms with Crippen LogP contribution in [-0.4, -0.2) is 22.3 Å². The highest BCUT2D eigenvalue weighted by Crippen LogP contribution is 2.50. The van der Waals surface area contributed by atoms with Gasteiger partial charge in [-0.15, -0.1) is 0 Å². The number of nitrogens with zero attached hydrogens (tertiary/aromatic N) is 2. The molecule has 0 spiro atoms. The smallest absolute Gasteiger partial charge is 0.171 e. The van der Waals surface area contributed by atoms with Gasteiger partial charge in [-0.2, -0.15) is 0 Å². The summed E-state index contributed by atoms with van der Waals surface area (Å²) >= 11 is 0. The number of carbonyl (C=O) groups excluding carboxylic acids is 2. The van der Waals surface area contributed by atoms with Crippen molar-refractivity contribution < 1.29 is 9.59 Å². The number of hydrogen-bond acceptors (Lipinski definition) is 4. The zero-order chi connectivity index (χ0) is 22.3. The van der Waals surface area contributed by atoms with Gasteiger partial charge in [0.05, 0.1) is 17.5 Å². The summed E-state index contributed by atoms with van der Waals surface area (Å²) < 4.78 is 0. The SMILES string of the molecule is CC1(C)CC(=O)C2C(=Nc3ccccc3C(C(=O)c3ccccc3)C2c2ccccn2)C1. The average molecular weight is 423 g/mol. The highest BCUT2D eigenvalue weighted by atomic mass is 16.1. The molecule has 5 rings (SSSR count). The third-order valence-electron chi connectivity index (χ3n) is 6.64. The van der Waals surface area contributed by atoms with Crippen molar-refractivity contribution in [3.8, 4) is 0 Å². The molecule has 0 N–H and O–H groups in total. The Morgan fingerprint density at radius 1 is 0.906 bits per heavy atom. The Hall–Kier alpha value is -3.40. The monoisotopic (exact) mass is 422 g/mol. The van der Waals surface area contributed by atoms with Crippen LogP contribution in [0.4, 0.5) is 5.69 Å². The van der Waals surface area contributed by atoms with Crippen molar-refractivity contribution in [1.29, 1.82) is 0 Å². The molecule has 2 aliphatic rings. The summed E-state index contributed by atoms with van der Waals surface area (Å²) in [5, 5.41) is 0. The van der Waals surface area contributed by atoms with Crippen LogP contribution in [0.3, 0.4) is 0 Å². The maximum atomic E-state index is 14.0. The zero-order valence-corrected chi connectivity index (χ0v) is 18.4. The third kappa shape index (κ3) is 3.60. The van der Waals surface area contributed by atoms with E-state index >= 15 is 0 Å². The number of Topliss-reactive ketones (excluding diaryl/α,β-unsaturated/α-hetero) is 2. The molecule has 3 atom stereocenters. The Balaban J connectivity index is 1.76. The minimum Gasteiger partial charge on any atom is -0.299 e. The largest absolute Gasteiger partial charge is 0.299 e. The quantitative estimate of drug-likeness (QED) is 0.492. The van der Waals surface area contributed by atoms with Crippen molar-refractivity contribution in [3.63, 3.8) is 0 Å². The van der Waals surface area contributed by atoms with E-state index in [0.29, 0.717) is 12.0 Å². The standard InChI is InChI=1S/C28H26N2O2/c1-28(2)16-22-25(23(31)17-28)26(21-14-8-9-15-29-21)24(19-12-6-7-13-20(19)30-22)27(32)18-10-4-3-5-11-18/h3-15,24-26H,16-17H2,1-2H3. The van der Waals surface area contributed by atoms with E-state index in [9.17, 15) is 9.59 Å². The van der Waals surface area contributed by atoms with Gasteiger partial charge in [-0.3, -0.25) is 19.6 Å². The van der Waals surface area contributed by atoms with Crippen LogP contribution in [-0.2, 0) is 4.79 Å². The molecule has 0 bridgehead atoms. The maximum Gasteiger partial charge on any atom is 0.171 e. The van der Waals surface area contributed by atoms with Crippen LogP contribution in [0, 0.1) is 11.3 Å². The van der Waals surface area contributed by atoms with Crippen molar-refractivity contribution in [2.75, 3.05) is 0 Å². The van der Waals surface area contributed by atoms with Crippen LogP contribution in [0.5, 0.6) is 0 Å². The first kappa shape index (κ1) is 20.5. The zero-order valence-electron chi connectivity index (χ0n) is 18.4. The molecule has 4 nitrogen and oxygen atoms in total. The number of para-hydroxylation sites is 1. The van der Waals surface area contributed by atoms with E-state index in [-0.39, 0.29) is 17.0 Å². The van der Waals surface area contributed by atoms with Crippen LogP contribution in [0.15, 0.2) is 84.0 Å². The van der Waals surface area contributed by atoms with E-state index in [2.05, 4.69) is 18.8 Å². The molecule has 1 aliphatic heterocycles. The number of ketones is 2. The number of fused-ring (bicyclic) bond motifs is 2. The fraction of sp³-hybridized carbons (Fsp3) is 0.286. The summed E-state index contributed by atoms with van der Waals surface area (Å²) in [4.78, 5) is 37.3. The molecule has 3 unspecified atom stereocenters. The minimum atomic E-state index is -0.542. The number of aliphatic imine (C=N–C) groups is 1. The van der Waals surface area contributed by atoms with Gasteiger partial charge in [0.15, 0.2) is 5.78 Å². The lowest BCUT2D eigenvalue weighted by Crippen LogP contribution is -2.42. The molecule has 3 aromatic rings. The molecule has 1 aromatic heterocycles. The van der Waals surface area contributed by atoms with E-state index in [1.165, 1.54) is 0 Å². The molecule has 0 radical (unpaired) electrons. The lowest BCUT2D eigenvalue weighted by Gasteiger charge is -2.39. The van der Waals surface area contributed by atoms with Gasteiger partial charge in [-0.1, -0.05) is 68.4 Å². The summed E-state index contributed by atoms with van der Waals surface area (Å²) in [6, 6.07) is 22.9. The molecule has 1 saturated carbocycles. The van der Waals surface area contributed by atoms with E-state index in [1.54, 1.807) is 6.20 Å². The Bertz CT molecular complexity index is 1200. The normalized spacial score (nSPS) is 24.0. The van der Waals surface area contributed by atoms with Crippen molar-refractivity contribution in [2.45, 2.75) is 38.5 Å². The lowest BCUT2D eigenvalue weighted by atomic mass is 9.63. The highest BCUT2D eigenvalue weighted by Gasteiger charge is 2.49. The molecule has 0 amide bonds. The van der Waals surface area contributed by atoms with Gasteiger partial charge in [-0.25, -0.2) is 0 Å². The fourth-order valence-electron chi connectivity index (χ4n) is 5.34. The van der Waals surface area contributed by atoms with Gasteiger partial charge >= 0.3 is 0 Å². The van der Waals surface area contributed by atoms with E-state index in [0.717, 1.165) is 29.1 Å². The second kappa shape index (κ2) is 7.94. The van der Waals surface area contributed by atoms with Gasteiger partial charge in [0, 0.05) is 35.5 Å². The second-order valence-corrected chi connectivity index (χ2v) is 9.61. The number of carbonyl (C=O) groups is 2. The summed E-state index contributed by atoms with van der Waals surface area (Å²) in [5.74, 6) is -1.24. The van der Waals surface area contributed by atoms with E-state index < -0.39 is 17.8 Å². The van der Waals surface area contributed by atoms with Crippen molar-refractivity contribution >= 4 is 23.0 Å². The molecule has 32 heavy (non-hydrogen) atoms. The van der Waals surface area contributed by atoms with Gasteiger partial charge in [0.1, 0.15) is 5.78 Å². The number of rotatable bonds is 3. The summed E-state index contributed by atoms with van der Waals surface area (Å²) in [6.07, 6.45) is 2.94. The summed E-state index contributed by atoms with van der Waals surface area (Å²) in [5.41, 5.74) is 3.77. The topological polar surface area (TPSA) is 59.4 Å². The number of aromatic nitrogens is 1. The Morgan fingerprint density at radius 3 is 2.38 bits per heavy atom. The van der Waals surface area contributed by atoms with Crippen LogP contribution in [0.1, 0.15) is 60.1 Å². The molecule has 1 fully saturated rings. The van der Waals surface area contributed by atoms with E-state index in [4.69, 9.17) is 4.99 Å². The third-order valence-corrected chi connectivity index (χ3v) is 6.64. The van der Waals surface area contributed by atoms with Crippen molar-refractivity contribution in [2.24, 2.45) is 16.3 Å². The number of benzene rings is 2. The molecule has 160 valence electrons. The summed E-state index contributed by atoms with van der Waals surface area (Å²) in [6.45, 7) is 4.23. The van der Waals surface area contributed by atoms with Crippen molar-refractivity contribution in [1.82, 2.24) is 4.98 Å². The molecule has 1 aliphatic carbocycles. The maximum absolute atomic E-state index is 14.0. The first-order chi connectivity index (χ1) is 15.4. The highest BCUT2D eigenvalue weighted by molar-refractivity contribution is 6.12. The van der Waals surface area contributed by atoms with Gasteiger partial charge in [0.25, 0.3) is 0 Å². The first-order valence-electron chi connectivity index (χ1n) is 11.1. The minimum absolute atomic E-state index is 0.00258.